The van der Waals surface area contributed by atoms with E-state index in [1.807, 2.05) is 11.0 Å². The highest BCUT2D eigenvalue weighted by molar-refractivity contribution is 7.93. The van der Waals surface area contributed by atoms with Crippen LogP contribution in [0.15, 0.2) is 104 Å². The van der Waals surface area contributed by atoms with E-state index in [-0.39, 0.29) is 14.9 Å². The Morgan fingerprint density at radius 1 is 0.902 bits per heavy atom. The number of nitrogens with zero attached hydrogens (tertiary/aromatic N) is 2. The zero-order chi connectivity index (χ0) is 28.9. The van der Waals surface area contributed by atoms with E-state index in [0.29, 0.717) is 54.7 Å². The van der Waals surface area contributed by atoms with Crippen molar-refractivity contribution in [3.63, 3.8) is 0 Å². The summed E-state index contributed by atoms with van der Waals surface area (Å²) in [7, 11) is -6.56. The highest BCUT2D eigenvalue weighted by Crippen LogP contribution is 2.32. The highest BCUT2D eigenvalue weighted by atomic mass is 32.2. The molecule has 0 atom stereocenters. The molecule has 1 aliphatic rings. The van der Waals surface area contributed by atoms with Crippen molar-refractivity contribution in [1.29, 1.82) is 0 Å². The van der Waals surface area contributed by atoms with E-state index in [9.17, 15) is 16.8 Å². The van der Waals surface area contributed by atoms with Gasteiger partial charge in [-0.1, -0.05) is 36.4 Å². The Kier molecular flexibility index (Phi) is 8.59. The SMILES string of the molecule is COc1ccc(NS(=O)(=O)c2cc(NC(=NS(=O)(=O)c3cccs3)c3ccccc3)ccc2N2CCOCC2)cc1. The third-order valence-corrected chi connectivity index (χ3v) is 10.3. The zero-order valence-electron chi connectivity index (χ0n) is 22.1. The summed E-state index contributed by atoms with van der Waals surface area (Å²) in [6.07, 6.45) is 0. The van der Waals surface area contributed by atoms with Gasteiger partial charge in [0.05, 0.1) is 26.0 Å². The third-order valence-electron chi connectivity index (χ3n) is 6.21. The van der Waals surface area contributed by atoms with E-state index < -0.39 is 20.0 Å². The largest absolute Gasteiger partial charge is 0.497 e. The van der Waals surface area contributed by atoms with Crippen LogP contribution < -0.4 is 19.7 Å². The molecular formula is C28H28N4O6S3. The van der Waals surface area contributed by atoms with Gasteiger partial charge in [-0.3, -0.25) is 4.72 Å². The van der Waals surface area contributed by atoms with E-state index in [4.69, 9.17) is 9.47 Å². The summed E-state index contributed by atoms with van der Waals surface area (Å²) < 4.78 is 71.1. The van der Waals surface area contributed by atoms with Crippen molar-refractivity contribution in [3.8, 4) is 5.75 Å². The average molecular weight is 613 g/mol. The molecule has 2 N–H and O–H groups in total. The first-order chi connectivity index (χ1) is 19.7. The predicted octanol–water partition coefficient (Wildman–Crippen LogP) is 4.64. The molecule has 3 aromatic carbocycles. The van der Waals surface area contributed by atoms with Crippen LogP contribution in [-0.2, 0) is 24.8 Å². The van der Waals surface area contributed by atoms with Crippen LogP contribution in [0.3, 0.4) is 0 Å². The second-order valence-corrected chi connectivity index (χ2v) is 13.4. The van der Waals surface area contributed by atoms with Crippen LogP contribution in [-0.4, -0.2) is 56.1 Å². The van der Waals surface area contributed by atoms with Gasteiger partial charge in [0.25, 0.3) is 20.0 Å². The lowest BCUT2D eigenvalue weighted by molar-refractivity contribution is 0.122. The summed E-state index contributed by atoms with van der Waals surface area (Å²) >= 11 is 1.07. The van der Waals surface area contributed by atoms with Crippen molar-refractivity contribution in [3.05, 3.63) is 95.9 Å². The first kappa shape index (κ1) is 28.6. The minimum absolute atomic E-state index is 0.0220. The van der Waals surface area contributed by atoms with Gasteiger partial charge in [0.2, 0.25) is 0 Å². The van der Waals surface area contributed by atoms with E-state index in [1.54, 1.807) is 72.1 Å². The van der Waals surface area contributed by atoms with Gasteiger partial charge in [-0.2, -0.15) is 8.42 Å². The Morgan fingerprint density at radius 3 is 2.27 bits per heavy atom. The summed E-state index contributed by atoms with van der Waals surface area (Å²) in [6.45, 7) is 1.98. The number of sulfonamides is 2. The molecular weight excluding hydrogens is 585 g/mol. The molecule has 0 radical (unpaired) electrons. The third kappa shape index (κ3) is 6.88. The molecule has 1 aliphatic heterocycles. The molecule has 2 heterocycles. The molecule has 10 nitrogen and oxygen atoms in total. The summed E-state index contributed by atoms with van der Waals surface area (Å²) in [5.41, 5.74) is 1.74. The Labute approximate surface area is 243 Å². The van der Waals surface area contributed by atoms with Crippen molar-refractivity contribution >= 4 is 54.3 Å². The van der Waals surface area contributed by atoms with E-state index in [0.717, 1.165) is 11.3 Å². The maximum Gasteiger partial charge on any atom is 0.293 e. The topological polar surface area (TPSA) is 126 Å². The smallest absolute Gasteiger partial charge is 0.293 e. The maximum atomic E-state index is 13.8. The monoisotopic (exact) mass is 612 g/mol. The van der Waals surface area contributed by atoms with Crippen LogP contribution in [0.2, 0.25) is 0 Å². The second-order valence-electron chi connectivity index (χ2n) is 8.95. The second kappa shape index (κ2) is 12.3. The molecule has 0 amide bonds. The summed E-state index contributed by atoms with van der Waals surface area (Å²) in [5, 5.41) is 4.72. The number of hydrogen-bond donors (Lipinski definition) is 2. The summed E-state index contributed by atoms with van der Waals surface area (Å²) in [4.78, 5) is 1.97. The standard InChI is InChI=1S/C28H28N4O6S3/c1-37-24-12-9-22(10-13-24)30-40(33,34)26-20-23(11-14-25(26)32-15-17-38-18-16-32)29-28(21-6-3-2-4-7-21)31-41(35,36)27-8-5-19-39-27/h2-14,19-20,30H,15-18H2,1H3,(H,29,31). The Balaban J connectivity index is 1.55. The first-order valence-corrected chi connectivity index (χ1v) is 16.4. The molecule has 5 rings (SSSR count). The summed E-state index contributed by atoms with van der Waals surface area (Å²) in [5.74, 6) is 0.656. The molecule has 0 bridgehead atoms. The number of anilines is 3. The number of rotatable bonds is 9. The van der Waals surface area contributed by atoms with Crippen LogP contribution in [0.1, 0.15) is 5.56 Å². The number of benzene rings is 3. The van der Waals surface area contributed by atoms with Crippen LogP contribution in [0, 0.1) is 0 Å². The fourth-order valence-corrected chi connectivity index (χ4v) is 7.45. The van der Waals surface area contributed by atoms with Crippen molar-refractivity contribution in [2.75, 3.05) is 48.4 Å². The van der Waals surface area contributed by atoms with Gasteiger partial charge >= 0.3 is 0 Å². The molecule has 4 aromatic rings. The minimum atomic E-state index is -4.08. The molecule has 1 saturated heterocycles. The van der Waals surface area contributed by atoms with E-state index in [1.165, 1.54) is 19.2 Å². The number of thiophene rings is 1. The van der Waals surface area contributed by atoms with Crippen LogP contribution >= 0.6 is 11.3 Å². The van der Waals surface area contributed by atoms with Crippen molar-refractivity contribution in [1.82, 2.24) is 0 Å². The number of nitrogens with one attached hydrogen (secondary N) is 2. The van der Waals surface area contributed by atoms with Crippen LogP contribution in [0.4, 0.5) is 17.1 Å². The Hall–Kier alpha value is -3.91. The maximum absolute atomic E-state index is 13.8. The number of hydrogen-bond acceptors (Lipinski definition) is 8. The lowest BCUT2D eigenvalue weighted by atomic mass is 10.2. The lowest BCUT2D eigenvalue weighted by Crippen LogP contribution is -2.37. The lowest BCUT2D eigenvalue weighted by Gasteiger charge is -2.30. The van der Waals surface area contributed by atoms with Gasteiger partial charge in [0.1, 0.15) is 14.9 Å². The van der Waals surface area contributed by atoms with E-state index in [2.05, 4.69) is 14.4 Å². The quantitative estimate of drug-likeness (QED) is 0.207. The zero-order valence-corrected chi connectivity index (χ0v) is 24.5. The van der Waals surface area contributed by atoms with Crippen molar-refractivity contribution < 1.29 is 26.3 Å². The van der Waals surface area contributed by atoms with Gasteiger partial charge in [-0.15, -0.1) is 15.7 Å². The molecule has 1 fully saturated rings. The van der Waals surface area contributed by atoms with Gasteiger partial charge < -0.3 is 19.7 Å². The van der Waals surface area contributed by atoms with E-state index >= 15 is 0 Å². The van der Waals surface area contributed by atoms with Gasteiger partial charge in [-0.05, 0) is 53.9 Å². The summed E-state index contributed by atoms with van der Waals surface area (Å²) in [6, 6.07) is 23.3. The molecule has 0 spiro atoms. The first-order valence-electron chi connectivity index (χ1n) is 12.6. The minimum Gasteiger partial charge on any atom is -0.497 e. The molecule has 0 unspecified atom stereocenters. The molecule has 1 aromatic heterocycles. The van der Waals surface area contributed by atoms with Crippen LogP contribution in [0.5, 0.6) is 5.75 Å². The molecule has 0 aliphatic carbocycles. The van der Waals surface area contributed by atoms with Gasteiger partial charge in [-0.25, -0.2) is 8.42 Å². The number of morpholine rings is 1. The molecule has 13 heteroatoms. The Bertz CT molecular complexity index is 1720. The van der Waals surface area contributed by atoms with Gasteiger partial charge in [0, 0.05) is 30.0 Å². The normalized spacial score (nSPS) is 14.5. The van der Waals surface area contributed by atoms with Crippen molar-refractivity contribution in [2.24, 2.45) is 4.40 Å². The fourth-order valence-electron chi connectivity index (χ4n) is 4.20. The van der Waals surface area contributed by atoms with Crippen molar-refractivity contribution in [2.45, 2.75) is 9.10 Å². The number of methoxy groups -OCH3 is 1. The molecule has 0 saturated carbocycles. The van der Waals surface area contributed by atoms with Crippen LogP contribution in [0.25, 0.3) is 0 Å². The molecule has 214 valence electrons. The number of amidine groups is 1. The molecule has 41 heavy (non-hydrogen) atoms. The average Bonchev–Trinajstić information content (AvgIpc) is 3.54. The fraction of sp³-hybridized carbons (Fsp3) is 0.179. The highest BCUT2D eigenvalue weighted by Gasteiger charge is 2.25. The van der Waals surface area contributed by atoms with Gasteiger partial charge in [0.15, 0.2) is 5.84 Å². The Morgan fingerprint density at radius 2 is 1.61 bits per heavy atom. The predicted molar refractivity (Wildman–Crippen MR) is 161 cm³/mol. The number of ether oxygens (including phenoxy) is 2.